The van der Waals surface area contributed by atoms with Crippen molar-refractivity contribution in [2.75, 3.05) is 17.7 Å². The summed E-state index contributed by atoms with van der Waals surface area (Å²) in [6.07, 6.45) is 0. The molecule has 2 aromatic rings. The van der Waals surface area contributed by atoms with Crippen molar-refractivity contribution >= 4 is 17.3 Å². The molecule has 0 heterocycles. The number of anilines is 2. The number of hydrogen-bond acceptors (Lipinski definition) is 3. The molecule has 0 unspecified atom stereocenters. The smallest absolute Gasteiger partial charge is 0.260 e. The van der Waals surface area contributed by atoms with Crippen LogP contribution in [0.1, 0.15) is 21.5 Å². The fraction of sp³-hybridized carbons (Fsp3) is 0.188. The number of phenolic OH excluding ortho intramolecular Hbond substituents is 1. The van der Waals surface area contributed by atoms with Crippen LogP contribution >= 0.6 is 0 Å². The van der Waals surface area contributed by atoms with Crippen molar-refractivity contribution in [1.82, 2.24) is 0 Å². The van der Waals surface area contributed by atoms with Gasteiger partial charge in [-0.25, -0.2) is 0 Å². The van der Waals surface area contributed by atoms with E-state index in [1.807, 2.05) is 32.0 Å². The zero-order valence-electron chi connectivity index (χ0n) is 11.8. The summed E-state index contributed by atoms with van der Waals surface area (Å²) in [6.45, 7) is 3.96. The van der Waals surface area contributed by atoms with Crippen LogP contribution in [0, 0.1) is 13.8 Å². The second-order valence-corrected chi connectivity index (χ2v) is 4.93. The van der Waals surface area contributed by atoms with Gasteiger partial charge in [0, 0.05) is 18.4 Å². The summed E-state index contributed by atoms with van der Waals surface area (Å²) < 4.78 is 0. The molecule has 0 fully saturated rings. The molecule has 0 radical (unpaired) electrons. The fourth-order valence-electron chi connectivity index (χ4n) is 2.20. The van der Waals surface area contributed by atoms with E-state index in [0.717, 1.165) is 16.8 Å². The van der Waals surface area contributed by atoms with Crippen molar-refractivity contribution in [3.05, 3.63) is 53.1 Å². The van der Waals surface area contributed by atoms with Crippen LogP contribution in [0.2, 0.25) is 0 Å². The third-order valence-corrected chi connectivity index (χ3v) is 3.29. The molecule has 4 heteroatoms. The minimum absolute atomic E-state index is 0.0246. The largest absolute Gasteiger partial charge is 0.508 e. The molecule has 0 aliphatic carbocycles. The van der Waals surface area contributed by atoms with Crippen LogP contribution < -0.4 is 10.6 Å². The van der Waals surface area contributed by atoms with Gasteiger partial charge in [-0.2, -0.15) is 0 Å². The van der Waals surface area contributed by atoms with Crippen LogP contribution in [0.15, 0.2) is 36.4 Å². The molecular weight excluding hydrogens is 252 g/mol. The Kier molecular flexibility index (Phi) is 3.66. The maximum Gasteiger partial charge on any atom is 0.260 e. The summed E-state index contributed by atoms with van der Waals surface area (Å²) in [4.78, 5) is 14.0. The first-order chi connectivity index (χ1) is 9.40. The number of aromatic hydroxyl groups is 1. The Morgan fingerprint density at radius 3 is 2.50 bits per heavy atom. The molecule has 0 aliphatic heterocycles. The number of carbonyl (C=O) groups is 1. The molecule has 2 rings (SSSR count). The monoisotopic (exact) mass is 270 g/mol. The van der Waals surface area contributed by atoms with E-state index in [4.69, 9.17) is 5.73 Å². The number of carbonyl (C=O) groups excluding carboxylic acids is 1. The van der Waals surface area contributed by atoms with E-state index in [0.29, 0.717) is 11.3 Å². The quantitative estimate of drug-likeness (QED) is 0.651. The van der Waals surface area contributed by atoms with E-state index in [1.165, 1.54) is 18.2 Å². The molecule has 0 aliphatic rings. The van der Waals surface area contributed by atoms with Crippen molar-refractivity contribution in [3.8, 4) is 5.75 Å². The topological polar surface area (TPSA) is 66.6 Å². The first kappa shape index (κ1) is 13.9. The lowest BCUT2D eigenvalue weighted by Crippen LogP contribution is -2.27. The van der Waals surface area contributed by atoms with Crippen LogP contribution in [0.25, 0.3) is 0 Å². The molecule has 0 atom stereocenters. The summed E-state index contributed by atoms with van der Waals surface area (Å²) in [6, 6.07) is 10.3. The molecular formula is C16H18N2O2. The third-order valence-electron chi connectivity index (χ3n) is 3.29. The predicted molar refractivity (Wildman–Crippen MR) is 81.2 cm³/mol. The Labute approximate surface area is 118 Å². The second-order valence-electron chi connectivity index (χ2n) is 4.93. The number of hydrogen-bond donors (Lipinski definition) is 2. The van der Waals surface area contributed by atoms with E-state index in [2.05, 4.69) is 0 Å². The second kappa shape index (κ2) is 5.25. The van der Waals surface area contributed by atoms with Gasteiger partial charge in [0.05, 0.1) is 5.56 Å². The minimum atomic E-state index is -0.245. The number of nitrogens with two attached hydrogens (primary N) is 1. The lowest BCUT2D eigenvalue weighted by Gasteiger charge is -2.21. The number of phenols is 1. The number of nitrogen functional groups attached to an aromatic ring is 1. The van der Waals surface area contributed by atoms with Crippen LogP contribution in [-0.4, -0.2) is 18.1 Å². The Morgan fingerprint density at radius 2 is 1.85 bits per heavy atom. The lowest BCUT2D eigenvalue weighted by atomic mass is 10.1. The number of aryl methyl sites for hydroxylation is 2. The van der Waals surface area contributed by atoms with E-state index in [9.17, 15) is 9.90 Å². The molecule has 4 nitrogen and oxygen atoms in total. The summed E-state index contributed by atoms with van der Waals surface area (Å²) in [5.74, 6) is -0.220. The fourth-order valence-corrected chi connectivity index (χ4v) is 2.20. The average Bonchev–Trinajstić information content (AvgIpc) is 2.40. The van der Waals surface area contributed by atoms with Crippen LogP contribution in [0.4, 0.5) is 11.4 Å². The summed E-state index contributed by atoms with van der Waals surface area (Å²) in [7, 11) is 1.70. The van der Waals surface area contributed by atoms with Crippen molar-refractivity contribution in [1.29, 1.82) is 0 Å². The number of rotatable bonds is 2. The molecule has 0 saturated heterocycles. The number of benzene rings is 2. The van der Waals surface area contributed by atoms with Crippen molar-refractivity contribution in [2.45, 2.75) is 13.8 Å². The summed E-state index contributed by atoms with van der Waals surface area (Å²) >= 11 is 0. The molecule has 20 heavy (non-hydrogen) atoms. The molecule has 0 saturated carbocycles. The first-order valence-electron chi connectivity index (χ1n) is 6.34. The maximum atomic E-state index is 12.5. The van der Waals surface area contributed by atoms with Crippen LogP contribution in [0.3, 0.4) is 0 Å². The van der Waals surface area contributed by atoms with Gasteiger partial charge in [0.25, 0.3) is 5.91 Å². The van der Waals surface area contributed by atoms with E-state index < -0.39 is 0 Å². The van der Waals surface area contributed by atoms with Gasteiger partial charge in [-0.05, 0) is 43.7 Å². The normalized spacial score (nSPS) is 10.3. The van der Waals surface area contributed by atoms with Crippen LogP contribution in [0.5, 0.6) is 5.75 Å². The van der Waals surface area contributed by atoms with Gasteiger partial charge in [-0.1, -0.05) is 17.7 Å². The van der Waals surface area contributed by atoms with E-state index in [-0.39, 0.29) is 11.7 Å². The van der Waals surface area contributed by atoms with Gasteiger partial charge < -0.3 is 15.7 Å². The van der Waals surface area contributed by atoms with Gasteiger partial charge >= 0.3 is 0 Å². The predicted octanol–water partition coefficient (Wildman–Crippen LogP) is 2.87. The molecule has 0 bridgehead atoms. The highest BCUT2D eigenvalue weighted by molar-refractivity contribution is 6.09. The van der Waals surface area contributed by atoms with Crippen LogP contribution in [-0.2, 0) is 0 Å². The highest BCUT2D eigenvalue weighted by atomic mass is 16.3. The minimum Gasteiger partial charge on any atom is -0.508 e. The highest BCUT2D eigenvalue weighted by Gasteiger charge is 2.18. The standard InChI is InChI=1S/C16H18N2O2/c1-10-4-7-15(11(2)8-10)18(3)16(20)13-9-12(19)5-6-14(13)17/h4-9,19H,17H2,1-3H3. The lowest BCUT2D eigenvalue weighted by molar-refractivity contribution is 0.0993. The Morgan fingerprint density at radius 1 is 1.15 bits per heavy atom. The van der Waals surface area contributed by atoms with Gasteiger partial charge in [0.15, 0.2) is 0 Å². The first-order valence-corrected chi connectivity index (χ1v) is 6.34. The Bertz CT molecular complexity index is 666. The third kappa shape index (κ3) is 2.59. The average molecular weight is 270 g/mol. The van der Waals surface area contributed by atoms with Gasteiger partial charge in [0.1, 0.15) is 5.75 Å². The summed E-state index contributed by atoms with van der Waals surface area (Å²) in [5.41, 5.74) is 9.44. The molecule has 3 N–H and O–H groups in total. The molecule has 104 valence electrons. The van der Waals surface area contributed by atoms with Gasteiger partial charge in [-0.3, -0.25) is 4.79 Å². The molecule has 0 aromatic heterocycles. The molecule has 2 aromatic carbocycles. The van der Waals surface area contributed by atoms with Crippen molar-refractivity contribution in [3.63, 3.8) is 0 Å². The zero-order valence-corrected chi connectivity index (χ0v) is 11.8. The summed E-state index contributed by atoms with van der Waals surface area (Å²) in [5, 5.41) is 9.50. The van der Waals surface area contributed by atoms with Crippen molar-refractivity contribution < 1.29 is 9.90 Å². The highest BCUT2D eigenvalue weighted by Crippen LogP contribution is 2.25. The number of amides is 1. The van der Waals surface area contributed by atoms with Gasteiger partial charge in [0.2, 0.25) is 0 Å². The van der Waals surface area contributed by atoms with Gasteiger partial charge in [-0.15, -0.1) is 0 Å². The van der Waals surface area contributed by atoms with E-state index in [1.54, 1.807) is 11.9 Å². The zero-order chi connectivity index (χ0) is 14.9. The number of nitrogens with zero attached hydrogens (tertiary/aromatic N) is 1. The SMILES string of the molecule is Cc1ccc(N(C)C(=O)c2cc(O)ccc2N)c(C)c1. The Balaban J connectivity index is 2.40. The Hall–Kier alpha value is -2.49. The van der Waals surface area contributed by atoms with E-state index >= 15 is 0 Å². The maximum absolute atomic E-state index is 12.5. The van der Waals surface area contributed by atoms with Crippen molar-refractivity contribution in [2.24, 2.45) is 0 Å². The molecule has 0 spiro atoms. The molecule has 1 amide bonds.